The summed E-state index contributed by atoms with van der Waals surface area (Å²) in [5.41, 5.74) is 2.69. The largest absolute Gasteiger partial charge is 0.496 e. The van der Waals surface area contributed by atoms with Gasteiger partial charge in [0.2, 0.25) is 0 Å². The van der Waals surface area contributed by atoms with E-state index in [9.17, 15) is 14.9 Å². The minimum atomic E-state index is -0.591. The van der Waals surface area contributed by atoms with Gasteiger partial charge in [0.15, 0.2) is 17.5 Å². The maximum atomic E-state index is 12.2. The lowest BCUT2D eigenvalue weighted by atomic mass is 10.1. The zero-order chi connectivity index (χ0) is 20.8. The summed E-state index contributed by atoms with van der Waals surface area (Å²) >= 11 is 1.29. The first kappa shape index (κ1) is 20.3. The number of nitro benzene ring substituents is 1. The number of hydrogen-bond donors (Lipinski definition) is 1. The van der Waals surface area contributed by atoms with Crippen molar-refractivity contribution < 1.29 is 19.2 Å². The van der Waals surface area contributed by atoms with E-state index in [-0.39, 0.29) is 18.0 Å². The highest BCUT2D eigenvalue weighted by Gasteiger charge is 2.18. The van der Waals surface area contributed by atoms with Crippen LogP contribution in [0.1, 0.15) is 12.5 Å². The van der Waals surface area contributed by atoms with Gasteiger partial charge in [-0.15, -0.1) is 11.3 Å². The molecule has 1 N–H and O–H groups in total. The molecule has 9 heteroatoms. The van der Waals surface area contributed by atoms with Gasteiger partial charge < -0.3 is 9.47 Å². The maximum absolute atomic E-state index is 12.2. The normalized spacial score (nSPS) is 10.4. The van der Waals surface area contributed by atoms with E-state index in [1.165, 1.54) is 42.2 Å². The van der Waals surface area contributed by atoms with Gasteiger partial charge in [-0.2, -0.15) is 0 Å². The van der Waals surface area contributed by atoms with Crippen LogP contribution in [-0.2, 0) is 11.2 Å². The van der Waals surface area contributed by atoms with Gasteiger partial charge in [0.25, 0.3) is 5.91 Å². The number of anilines is 1. The Bertz CT molecular complexity index is 1020. The molecule has 1 aromatic heterocycles. The van der Waals surface area contributed by atoms with Crippen LogP contribution in [0.5, 0.6) is 11.5 Å². The van der Waals surface area contributed by atoms with Gasteiger partial charge in [-0.1, -0.05) is 31.2 Å². The number of benzene rings is 2. The second-order valence-corrected chi connectivity index (χ2v) is 6.87. The molecule has 0 atom stereocenters. The molecule has 0 saturated heterocycles. The second-order valence-electron chi connectivity index (χ2n) is 6.02. The molecule has 0 saturated carbocycles. The van der Waals surface area contributed by atoms with Crippen molar-refractivity contribution in [1.82, 2.24) is 4.98 Å². The van der Waals surface area contributed by atoms with Crippen LogP contribution in [-0.4, -0.2) is 29.5 Å². The number of hydrogen-bond acceptors (Lipinski definition) is 7. The molecule has 8 nitrogen and oxygen atoms in total. The van der Waals surface area contributed by atoms with Gasteiger partial charge in [0.05, 0.1) is 23.8 Å². The van der Waals surface area contributed by atoms with Crippen molar-refractivity contribution in [2.24, 2.45) is 0 Å². The van der Waals surface area contributed by atoms with Gasteiger partial charge in [0.1, 0.15) is 5.75 Å². The number of amides is 1. The average Bonchev–Trinajstić information content (AvgIpc) is 3.20. The highest BCUT2D eigenvalue weighted by atomic mass is 32.1. The number of rotatable bonds is 8. The maximum Gasteiger partial charge on any atom is 0.314 e. The smallest absolute Gasteiger partial charge is 0.314 e. The minimum Gasteiger partial charge on any atom is -0.496 e. The van der Waals surface area contributed by atoms with Crippen LogP contribution in [0.4, 0.5) is 10.8 Å². The Morgan fingerprint density at radius 1 is 1.24 bits per heavy atom. The monoisotopic (exact) mass is 413 g/mol. The van der Waals surface area contributed by atoms with Gasteiger partial charge in [-0.25, -0.2) is 4.98 Å². The molecule has 0 unspecified atom stereocenters. The van der Waals surface area contributed by atoms with Crippen molar-refractivity contribution in [3.8, 4) is 22.8 Å². The molecule has 3 aromatic rings. The Morgan fingerprint density at radius 2 is 2.00 bits per heavy atom. The Labute approximate surface area is 171 Å². The van der Waals surface area contributed by atoms with Crippen LogP contribution in [0.25, 0.3) is 11.3 Å². The fourth-order valence-corrected chi connectivity index (χ4v) is 3.30. The van der Waals surface area contributed by atoms with E-state index in [4.69, 9.17) is 9.47 Å². The number of carbonyl (C=O) groups excluding carboxylic acids is 1. The van der Waals surface area contributed by atoms with Crippen LogP contribution in [0, 0.1) is 10.1 Å². The van der Waals surface area contributed by atoms with Crippen LogP contribution >= 0.6 is 11.3 Å². The molecule has 1 amide bonds. The van der Waals surface area contributed by atoms with Crippen LogP contribution < -0.4 is 14.8 Å². The van der Waals surface area contributed by atoms with Crippen LogP contribution in [0.3, 0.4) is 0 Å². The third-order valence-corrected chi connectivity index (χ3v) is 4.89. The summed E-state index contributed by atoms with van der Waals surface area (Å²) in [6, 6.07) is 12.2. The quantitative estimate of drug-likeness (QED) is 0.436. The summed E-state index contributed by atoms with van der Waals surface area (Å²) in [5, 5.41) is 16.1. The molecule has 3 rings (SSSR count). The summed E-state index contributed by atoms with van der Waals surface area (Å²) in [7, 11) is 1.41. The highest BCUT2D eigenvalue weighted by Crippen LogP contribution is 2.31. The Morgan fingerprint density at radius 3 is 2.66 bits per heavy atom. The number of nitrogens with one attached hydrogen (secondary N) is 1. The highest BCUT2D eigenvalue weighted by molar-refractivity contribution is 7.14. The molecule has 150 valence electrons. The molecular formula is C20H19N3O5S. The number of nitrogens with zero attached hydrogens (tertiary/aromatic N) is 2. The zero-order valence-electron chi connectivity index (χ0n) is 15.9. The van der Waals surface area contributed by atoms with E-state index in [2.05, 4.69) is 17.2 Å². The third-order valence-electron chi connectivity index (χ3n) is 4.13. The lowest BCUT2D eigenvalue weighted by Gasteiger charge is -2.07. The minimum absolute atomic E-state index is 0.0122. The van der Waals surface area contributed by atoms with Crippen molar-refractivity contribution in [2.45, 2.75) is 13.3 Å². The third kappa shape index (κ3) is 5.08. The van der Waals surface area contributed by atoms with Crippen molar-refractivity contribution in [1.29, 1.82) is 0 Å². The molecule has 0 fully saturated rings. The summed E-state index contributed by atoms with van der Waals surface area (Å²) in [5.74, 6) is -0.144. The van der Waals surface area contributed by atoms with Crippen molar-refractivity contribution >= 4 is 28.1 Å². The van der Waals surface area contributed by atoms with E-state index < -0.39 is 10.8 Å². The lowest BCUT2D eigenvalue weighted by Crippen LogP contribution is -2.20. The van der Waals surface area contributed by atoms with Gasteiger partial charge in [0, 0.05) is 10.9 Å². The molecule has 0 radical (unpaired) electrons. The first-order valence-electron chi connectivity index (χ1n) is 8.80. The second kappa shape index (κ2) is 9.16. The Balaban J connectivity index is 1.62. The SMILES string of the molecule is CCc1ccc(-c2csc(NC(=O)COc3ccc(OC)cc3[N+](=O)[O-])n2)cc1. The summed E-state index contributed by atoms with van der Waals surface area (Å²) in [4.78, 5) is 27.1. The number of nitro groups is 1. The molecule has 1 heterocycles. The van der Waals surface area contributed by atoms with Gasteiger partial charge in [-0.3, -0.25) is 20.2 Å². The first-order chi connectivity index (χ1) is 14.0. The van der Waals surface area contributed by atoms with Crippen molar-refractivity contribution in [2.75, 3.05) is 19.0 Å². The van der Waals surface area contributed by atoms with E-state index in [1.54, 1.807) is 0 Å². The van der Waals surface area contributed by atoms with Crippen LogP contribution in [0.2, 0.25) is 0 Å². The first-order valence-corrected chi connectivity index (χ1v) is 9.68. The van der Waals surface area contributed by atoms with Gasteiger partial charge >= 0.3 is 5.69 Å². The molecule has 2 aromatic carbocycles. The molecule has 0 bridgehead atoms. The van der Waals surface area contributed by atoms with E-state index in [0.29, 0.717) is 10.9 Å². The molecule has 0 aliphatic rings. The van der Waals surface area contributed by atoms with Crippen molar-refractivity contribution in [3.05, 3.63) is 63.5 Å². The van der Waals surface area contributed by atoms with Crippen molar-refractivity contribution in [3.63, 3.8) is 0 Å². The molecule has 0 aliphatic heterocycles. The number of thiazole rings is 1. The van der Waals surface area contributed by atoms with E-state index in [1.807, 2.05) is 29.6 Å². The zero-order valence-corrected chi connectivity index (χ0v) is 16.7. The molecule has 0 spiro atoms. The Kier molecular flexibility index (Phi) is 6.40. The lowest BCUT2D eigenvalue weighted by molar-refractivity contribution is -0.385. The predicted octanol–water partition coefficient (Wildman–Crippen LogP) is 4.31. The van der Waals surface area contributed by atoms with Crippen LogP contribution in [0.15, 0.2) is 47.8 Å². The predicted molar refractivity (Wildman–Crippen MR) is 111 cm³/mol. The molecule has 29 heavy (non-hydrogen) atoms. The summed E-state index contributed by atoms with van der Waals surface area (Å²) in [6.07, 6.45) is 0.963. The topological polar surface area (TPSA) is 104 Å². The fraction of sp³-hybridized carbons (Fsp3) is 0.200. The van der Waals surface area contributed by atoms with Gasteiger partial charge in [-0.05, 0) is 24.1 Å². The van der Waals surface area contributed by atoms with E-state index >= 15 is 0 Å². The standard InChI is InChI=1S/C20H19N3O5S/c1-3-13-4-6-14(7-5-13)16-12-29-20(21-16)22-19(24)11-28-18-9-8-15(27-2)10-17(18)23(25)26/h4-10,12H,3,11H2,1-2H3,(H,21,22,24). The molecular weight excluding hydrogens is 394 g/mol. The Hall–Kier alpha value is -3.46. The number of aromatic nitrogens is 1. The number of methoxy groups -OCH3 is 1. The number of ether oxygens (including phenoxy) is 2. The average molecular weight is 413 g/mol. The summed E-state index contributed by atoms with van der Waals surface area (Å²) in [6.45, 7) is 1.71. The number of aryl methyl sites for hydroxylation is 1. The molecule has 0 aliphatic carbocycles. The van der Waals surface area contributed by atoms with E-state index in [0.717, 1.165) is 17.7 Å². The fourth-order valence-electron chi connectivity index (χ4n) is 2.56. The number of carbonyl (C=O) groups is 1. The summed E-state index contributed by atoms with van der Waals surface area (Å²) < 4.78 is 10.3.